The number of carbonyl (C=O) groups is 2. The van der Waals surface area contributed by atoms with Crippen LogP contribution in [-0.2, 0) is 9.59 Å². The van der Waals surface area contributed by atoms with Gasteiger partial charge in [-0.25, -0.2) is 0 Å². The molecular weight excluding hydrogens is 306 g/mol. The van der Waals surface area contributed by atoms with Gasteiger partial charge in [0.15, 0.2) is 0 Å². The van der Waals surface area contributed by atoms with Crippen molar-refractivity contribution in [2.24, 2.45) is 17.8 Å². The number of allylic oxidation sites excluding steroid dienone is 7. The molecule has 5 nitrogen and oxygen atoms in total. The minimum Gasteiger partial charge on any atom is -0.395 e. The number of aldehydes is 1. The van der Waals surface area contributed by atoms with Gasteiger partial charge in [-0.05, 0) is 23.5 Å². The Bertz CT molecular complexity index is 582. The highest BCUT2D eigenvalue weighted by atomic mass is 16.3. The minimum atomic E-state index is -0.264. The Morgan fingerprint density at radius 3 is 2.38 bits per heavy atom. The standard InChI is InChI=1S/C19H25NO4/c1-14-12-17(6-7-18(14)13-23)15-2-4-16(5-3-15)19(24)20(8-10-21)9-11-22/h2-4,6-7,12-14,16,18,21-22H,5,8-11H2,1H3. The molecule has 1 amide bonds. The first-order chi connectivity index (χ1) is 11.6. The van der Waals surface area contributed by atoms with E-state index in [1.54, 1.807) is 0 Å². The summed E-state index contributed by atoms with van der Waals surface area (Å²) in [6, 6.07) is 0. The Hall–Kier alpha value is -1.98. The quantitative estimate of drug-likeness (QED) is 0.688. The van der Waals surface area contributed by atoms with Gasteiger partial charge in [0.2, 0.25) is 5.91 Å². The van der Waals surface area contributed by atoms with Gasteiger partial charge in [-0.15, -0.1) is 0 Å². The molecule has 3 unspecified atom stereocenters. The zero-order valence-corrected chi connectivity index (χ0v) is 14.0. The van der Waals surface area contributed by atoms with E-state index in [1.165, 1.54) is 4.90 Å². The molecule has 0 aliphatic heterocycles. The number of hydrogen-bond donors (Lipinski definition) is 2. The molecule has 0 spiro atoms. The Morgan fingerprint density at radius 2 is 1.88 bits per heavy atom. The van der Waals surface area contributed by atoms with Crippen molar-refractivity contribution in [1.82, 2.24) is 4.90 Å². The van der Waals surface area contributed by atoms with Crippen LogP contribution in [0.1, 0.15) is 13.3 Å². The van der Waals surface area contributed by atoms with E-state index in [-0.39, 0.29) is 50.0 Å². The fourth-order valence-electron chi connectivity index (χ4n) is 3.03. The molecule has 3 atom stereocenters. The molecule has 2 aliphatic carbocycles. The number of rotatable bonds is 7. The van der Waals surface area contributed by atoms with Gasteiger partial charge in [0, 0.05) is 19.0 Å². The number of nitrogens with zero attached hydrogens (tertiary/aromatic N) is 1. The summed E-state index contributed by atoms with van der Waals surface area (Å²) < 4.78 is 0. The van der Waals surface area contributed by atoms with Crippen LogP contribution in [0, 0.1) is 17.8 Å². The van der Waals surface area contributed by atoms with Crippen molar-refractivity contribution in [1.29, 1.82) is 0 Å². The van der Waals surface area contributed by atoms with Crippen LogP contribution in [0.3, 0.4) is 0 Å². The van der Waals surface area contributed by atoms with Crippen molar-refractivity contribution in [2.45, 2.75) is 13.3 Å². The zero-order valence-electron chi connectivity index (χ0n) is 14.0. The van der Waals surface area contributed by atoms with E-state index in [0.717, 1.165) is 17.4 Å². The molecule has 2 aliphatic rings. The second-order valence-electron chi connectivity index (χ2n) is 6.19. The predicted molar refractivity (Wildman–Crippen MR) is 92.0 cm³/mol. The van der Waals surface area contributed by atoms with Gasteiger partial charge in [0.05, 0.1) is 19.1 Å². The first-order valence-electron chi connectivity index (χ1n) is 8.35. The zero-order chi connectivity index (χ0) is 17.5. The Labute approximate surface area is 142 Å². The number of aliphatic hydroxyl groups excluding tert-OH is 2. The number of aliphatic hydroxyl groups is 2. The summed E-state index contributed by atoms with van der Waals surface area (Å²) in [6.07, 6.45) is 13.4. The van der Waals surface area contributed by atoms with Gasteiger partial charge >= 0.3 is 0 Å². The molecular formula is C19H25NO4. The summed E-state index contributed by atoms with van der Waals surface area (Å²) >= 11 is 0. The number of amides is 1. The first-order valence-corrected chi connectivity index (χ1v) is 8.35. The molecule has 0 radical (unpaired) electrons. The summed E-state index contributed by atoms with van der Waals surface area (Å²) in [5, 5.41) is 18.1. The second-order valence-corrected chi connectivity index (χ2v) is 6.19. The summed E-state index contributed by atoms with van der Waals surface area (Å²) in [4.78, 5) is 24.9. The monoisotopic (exact) mass is 331 g/mol. The molecule has 0 saturated heterocycles. The first kappa shape index (κ1) is 18.4. The van der Waals surface area contributed by atoms with Crippen molar-refractivity contribution >= 4 is 12.2 Å². The van der Waals surface area contributed by atoms with E-state index in [1.807, 2.05) is 37.3 Å². The second kappa shape index (κ2) is 8.76. The molecule has 0 saturated carbocycles. The lowest BCUT2D eigenvalue weighted by molar-refractivity contribution is -0.135. The molecule has 0 aromatic carbocycles. The van der Waals surface area contributed by atoms with Gasteiger partial charge in [0.1, 0.15) is 6.29 Å². The maximum Gasteiger partial charge on any atom is 0.229 e. The summed E-state index contributed by atoms with van der Waals surface area (Å²) in [5.74, 6) is -0.241. The van der Waals surface area contributed by atoms with Crippen molar-refractivity contribution in [3.05, 3.63) is 47.6 Å². The molecule has 0 heterocycles. The van der Waals surface area contributed by atoms with Crippen molar-refractivity contribution in [2.75, 3.05) is 26.3 Å². The normalized spacial score (nSPS) is 25.9. The highest BCUT2D eigenvalue weighted by Crippen LogP contribution is 2.29. The van der Waals surface area contributed by atoms with Crippen LogP contribution in [0.4, 0.5) is 0 Å². The van der Waals surface area contributed by atoms with Crippen molar-refractivity contribution in [3.63, 3.8) is 0 Å². The SMILES string of the molecule is CC1C=C(C2=CCC(C(=O)N(CCO)CCO)C=C2)C=CC1C=O. The average molecular weight is 331 g/mol. The Kier molecular flexibility index (Phi) is 6.70. The van der Waals surface area contributed by atoms with Gasteiger partial charge in [-0.2, -0.15) is 0 Å². The van der Waals surface area contributed by atoms with E-state index in [0.29, 0.717) is 6.42 Å². The fourth-order valence-corrected chi connectivity index (χ4v) is 3.03. The van der Waals surface area contributed by atoms with Crippen molar-refractivity contribution < 1.29 is 19.8 Å². The largest absolute Gasteiger partial charge is 0.395 e. The van der Waals surface area contributed by atoms with Gasteiger partial charge < -0.3 is 19.9 Å². The molecule has 130 valence electrons. The van der Waals surface area contributed by atoms with Crippen LogP contribution < -0.4 is 0 Å². The van der Waals surface area contributed by atoms with E-state index >= 15 is 0 Å². The molecule has 0 fully saturated rings. The minimum absolute atomic E-state index is 0.0678. The van der Waals surface area contributed by atoms with Crippen LogP contribution in [0.25, 0.3) is 0 Å². The molecule has 0 aromatic rings. The van der Waals surface area contributed by atoms with Crippen LogP contribution >= 0.6 is 0 Å². The average Bonchev–Trinajstić information content (AvgIpc) is 2.61. The molecule has 24 heavy (non-hydrogen) atoms. The Balaban J connectivity index is 2.02. The highest BCUT2D eigenvalue weighted by Gasteiger charge is 2.24. The smallest absolute Gasteiger partial charge is 0.229 e. The fraction of sp³-hybridized carbons (Fsp3) is 0.474. The molecule has 5 heteroatoms. The topological polar surface area (TPSA) is 77.8 Å². The lowest BCUT2D eigenvalue weighted by Gasteiger charge is -2.26. The molecule has 0 bridgehead atoms. The van der Waals surface area contributed by atoms with Crippen molar-refractivity contribution in [3.8, 4) is 0 Å². The lowest BCUT2D eigenvalue weighted by atomic mass is 9.84. The van der Waals surface area contributed by atoms with Crippen LogP contribution in [0.15, 0.2) is 47.6 Å². The van der Waals surface area contributed by atoms with E-state index in [2.05, 4.69) is 6.08 Å². The summed E-state index contributed by atoms with van der Waals surface area (Å²) in [5.41, 5.74) is 2.13. The molecule has 2 N–H and O–H groups in total. The van der Waals surface area contributed by atoms with Gasteiger partial charge in [-0.3, -0.25) is 4.79 Å². The van der Waals surface area contributed by atoms with Gasteiger partial charge in [-0.1, -0.05) is 43.4 Å². The van der Waals surface area contributed by atoms with E-state index in [9.17, 15) is 9.59 Å². The maximum atomic E-state index is 12.5. The van der Waals surface area contributed by atoms with E-state index < -0.39 is 0 Å². The highest BCUT2D eigenvalue weighted by molar-refractivity contribution is 5.81. The maximum absolute atomic E-state index is 12.5. The molecule has 0 aromatic heterocycles. The van der Waals surface area contributed by atoms with Crippen LogP contribution in [0.5, 0.6) is 0 Å². The van der Waals surface area contributed by atoms with E-state index in [4.69, 9.17) is 10.2 Å². The number of hydrogen-bond acceptors (Lipinski definition) is 4. The van der Waals surface area contributed by atoms with Crippen LogP contribution in [0.2, 0.25) is 0 Å². The van der Waals surface area contributed by atoms with Gasteiger partial charge in [0.25, 0.3) is 0 Å². The number of carbonyl (C=O) groups excluding carboxylic acids is 2. The summed E-state index contributed by atoms with van der Waals surface area (Å²) in [7, 11) is 0. The summed E-state index contributed by atoms with van der Waals surface area (Å²) in [6.45, 7) is 2.26. The third kappa shape index (κ3) is 4.30. The Morgan fingerprint density at radius 1 is 1.21 bits per heavy atom. The van der Waals surface area contributed by atoms with Crippen LogP contribution in [-0.4, -0.2) is 53.6 Å². The third-order valence-electron chi connectivity index (χ3n) is 4.51. The lowest BCUT2D eigenvalue weighted by Crippen LogP contribution is -2.39. The third-order valence-corrected chi connectivity index (χ3v) is 4.51. The predicted octanol–water partition coefficient (Wildman–Crippen LogP) is 1.25. The molecule has 2 rings (SSSR count).